The van der Waals surface area contributed by atoms with Crippen molar-refractivity contribution in [2.75, 3.05) is 19.4 Å². The van der Waals surface area contributed by atoms with Gasteiger partial charge in [0.1, 0.15) is 5.75 Å². The van der Waals surface area contributed by atoms with Gasteiger partial charge in [0.2, 0.25) is 0 Å². The van der Waals surface area contributed by atoms with Crippen LogP contribution in [-0.2, 0) is 6.42 Å². The first-order chi connectivity index (χ1) is 10.1. The lowest BCUT2D eigenvalue weighted by Crippen LogP contribution is -2.34. The summed E-state index contributed by atoms with van der Waals surface area (Å²) in [5.41, 5.74) is 1.18. The lowest BCUT2D eigenvalue weighted by atomic mass is 10.1. The van der Waals surface area contributed by atoms with E-state index in [1.54, 1.807) is 7.11 Å². The summed E-state index contributed by atoms with van der Waals surface area (Å²) in [7, 11) is 1.72. The van der Waals surface area contributed by atoms with Gasteiger partial charge < -0.3 is 10.1 Å². The Hall–Kier alpha value is -0.380. The molecular weight excluding hydrogens is 302 g/mol. The van der Waals surface area contributed by atoms with Crippen molar-refractivity contribution in [3.8, 4) is 5.75 Å². The molecule has 1 aromatic rings. The Kier molecular flexibility index (Phi) is 9.21. The number of nitrogens with one attached hydrogen (secondary N) is 1. The molecule has 0 radical (unpaired) electrons. The highest BCUT2D eigenvalue weighted by molar-refractivity contribution is 7.99. The van der Waals surface area contributed by atoms with E-state index in [4.69, 9.17) is 16.3 Å². The molecule has 0 heterocycles. The molecule has 0 aliphatic carbocycles. The van der Waals surface area contributed by atoms with E-state index >= 15 is 0 Å². The van der Waals surface area contributed by atoms with E-state index in [1.165, 1.54) is 12.0 Å². The van der Waals surface area contributed by atoms with Gasteiger partial charge in [0.15, 0.2) is 0 Å². The fourth-order valence-corrected chi connectivity index (χ4v) is 3.34. The summed E-state index contributed by atoms with van der Waals surface area (Å²) < 4.78 is 5.46. The molecule has 21 heavy (non-hydrogen) atoms. The second-order valence-electron chi connectivity index (χ2n) is 5.36. The van der Waals surface area contributed by atoms with Gasteiger partial charge in [0.25, 0.3) is 0 Å². The van der Waals surface area contributed by atoms with Crippen LogP contribution in [0.25, 0.3) is 0 Å². The van der Waals surface area contributed by atoms with Crippen molar-refractivity contribution in [1.82, 2.24) is 5.32 Å². The van der Waals surface area contributed by atoms with Crippen LogP contribution in [0, 0.1) is 0 Å². The van der Waals surface area contributed by atoms with Crippen molar-refractivity contribution < 1.29 is 4.74 Å². The molecule has 0 spiro atoms. The molecule has 0 saturated heterocycles. The maximum absolute atomic E-state index is 6.13. The minimum Gasteiger partial charge on any atom is -0.496 e. The van der Waals surface area contributed by atoms with E-state index in [0.717, 1.165) is 35.9 Å². The van der Waals surface area contributed by atoms with Crippen LogP contribution in [-0.4, -0.2) is 30.7 Å². The summed E-state index contributed by atoms with van der Waals surface area (Å²) >= 11 is 8.17. The highest BCUT2D eigenvalue weighted by Gasteiger charge is 2.14. The Bertz CT molecular complexity index is 414. The van der Waals surface area contributed by atoms with E-state index in [1.807, 2.05) is 30.0 Å². The standard InChI is InChI=1S/C17H28ClNOS/c1-5-9-19-16(12-21-13(3)6-2)11-14-10-15(18)7-8-17(14)20-4/h7-8,10,13,16,19H,5-6,9,11-12H2,1-4H3. The third kappa shape index (κ3) is 6.94. The molecule has 0 aromatic heterocycles. The number of halogens is 1. The highest BCUT2D eigenvalue weighted by Crippen LogP contribution is 2.25. The molecule has 2 atom stereocenters. The number of benzene rings is 1. The summed E-state index contributed by atoms with van der Waals surface area (Å²) in [6.07, 6.45) is 3.32. The lowest BCUT2D eigenvalue weighted by Gasteiger charge is -2.21. The predicted octanol–water partition coefficient (Wildman–Crippen LogP) is 4.79. The van der Waals surface area contributed by atoms with E-state index in [2.05, 4.69) is 26.1 Å². The average molecular weight is 330 g/mol. The molecule has 120 valence electrons. The molecule has 0 fully saturated rings. The number of methoxy groups -OCH3 is 1. The first-order valence-corrected chi connectivity index (χ1v) is 9.20. The predicted molar refractivity (Wildman–Crippen MR) is 96.0 cm³/mol. The van der Waals surface area contributed by atoms with E-state index in [0.29, 0.717) is 11.3 Å². The summed E-state index contributed by atoms with van der Waals surface area (Å²) in [5, 5.41) is 5.13. The lowest BCUT2D eigenvalue weighted by molar-refractivity contribution is 0.406. The van der Waals surface area contributed by atoms with Gasteiger partial charge in [-0.3, -0.25) is 0 Å². The van der Waals surface area contributed by atoms with Crippen LogP contribution >= 0.6 is 23.4 Å². The Labute approximate surface area is 139 Å². The minimum absolute atomic E-state index is 0.455. The molecule has 0 amide bonds. The molecule has 0 saturated carbocycles. The minimum atomic E-state index is 0.455. The number of thioether (sulfide) groups is 1. The third-order valence-corrected chi connectivity index (χ3v) is 5.28. The molecule has 4 heteroatoms. The number of hydrogen-bond acceptors (Lipinski definition) is 3. The van der Waals surface area contributed by atoms with Crippen LogP contribution in [0.1, 0.15) is 39.2 Å². The molecule has 1 N–H and O–H groups in total. The van der Waals surface area contributed by atoms with Gasteiger partial charge in [-0.2, -0.15) is 11.8 Å². The highest BCUT2D eigenvalue weighted by atomic mass is 35.5. The maximum Gasteiger partial charge on any atom is 0.122 e. The van der Waals surface area contributed by atoms with Crippen LogP contribution in [0.2, 0.25) is 5.02 Å². The average Bonchev–Trinajstić information content (AvgIpc) is 2.49. The molecule has 1 aromatic carbocycles. The molecule has 1 rings (SSSR count). The monoisotopic (exact) mass is 329 g/mol. The van der Waals surface area contributed by atoms with Gasteiger partial charge in [-0.05, 0) is 49.6 Å². The van der Waals surface area contributed by atoms with Crippen molar-refractivity contribution in [3.63, 3.8) is 0 Å². The van der Waals surface area contributed by atoms with Gasteiger partial charge in [-0.15, -0.1) is 0 Å². The number of hydrogen-bond donors (Lipinski definition) is 1. The first-order valence-electron chi connectivity index (χ1n) is 7.78. The van der Waals surface area contributed by atoms with Crippen molar-refractivity contribution in [2.24, 2.45) is 0 Å². The van der Waals surface area contributed by atoms with Crippen molar-refractivity contribution in [3.05, 3.63) is 28.8 Å². The van der Waals surface area contributed by atoms with E-state index in [-0.39, 0.29) is 0 Å². The second-order valence-corrected chi connectivity index (χ2v) is 7.27. The smallest absolute Gasteiger partial charge is 0.122 e. The van der Waals surface area contributed by atoms with Gasteiger partial charge >= 0.3 is 0 Å². The Morgan fingerprint density at radius 3 is 2.71 bits per heavy atom. The molecule has 0 aliphatic heterocycles. The third-order valence-electron chi connectivity index (χ3n) is 3.55. The Balaban J connectivity index is 2.72. The normalized spacial score (nSPS) is 14.0. The second kappa shape index (κ2) is 10.4. The summed E-state index contributed by atoms with van der Waals surface area (Å²) in [6, 6.07) is 6.31. The molecule has 2 nitrogen and oxygen atoms in total. The van der Waals surface area contributed by atoms with Crippen molar-refractivity contribution >= 4 is 23.4 Å². The fraction of sp³-hybridized carbons (Fsp3) is 0.647. The quantitative estimate of drug-likeness (QED) is 0.666. The zero-order valence-electron chi connectivity index (χ0n) is 13.6. The first kappa shape index (κ1) is 18.7. The van der Waals surface area contributed by atoms with E-state index < -0.39 is 0 Å². The molecule has 2 unspecified atom stereocenters. The summed E-state index contributed by atoms with van der Waals surface area (Å²) in [6.45, 7) is 7.79. The molecular formula is C17H28ClNOS. The van der Waals surface area contributed by atoms with Crippen LogP contribution in [0.4, 0.5) is 0 Å². The number of rotatable bonds is 10. The summed E-state index contributed by atoms with van der Waals surface area (Å²) in [4.78, 5) is 0. The zero-order valence-corrected chi connectivity index (χ0v) is 15.2. The molecule has 0 bridgehead atoms. The van der Waals surface area contributed by atoms with Gasteiger partial charge in [0, 0.05) is 22.1 Å². The summed E-state index contributed by atoms with van der Waals surface area (Å²) in [5.74, 6) is 2.04. The Morgan fingerprint density at radius 2 is 2.10 bits per heavy atom. The van der Waals surface area contributed by atoms with Crippen molar-refractivity contribution in [2.45, 2.75) is 51.3 Å². The van der Waals surface area contributed by atoms with Gasteiger partial charge in [0.05, 0.1) is 7.11 Å². The fourth-order valence-electron chi connectivity index (χ4n) is 2.11. The van der Waals surface area contributed by atoms with Crippen LogP contribution in [0.15, 0.2) is 18.2 Å². The topological polar surface area (TPSA) is 21.3 Å². The SMILES string of the molecule is CCCNC(CSC(C)CC)Cc1cc(Cl)ccc1OC. The van der Waals surface area contributed by atoms with Crippen LogP contribution in [0.3, 0.4) is 0 Å². The van der Waals surface area contributed by atoms with Crippen molar-refractivity contribution in [1.29, 1.82) is 0 Å². The van der Waals surface area contributed by atoms with Gasteiger partial charge in [-0.25, -0.2) is 0 Å². The Morgan fingerprint density at radius 1 is 1.33 bits per heavy atom. The van der Waals surface area contributed by atoms with E-state index in [9.17, 15) is 0 Å². The van der Waals surface area contributed by atoms with Crippen LogP contribution < -0.4 is 10.1 Å². The molecule has 0 aliphatic rings. The van der Waals surface area contributed by atoms with Gasteiger partial charge in [-0.1, -0.05) is 32.4 Å². The maximum atomic E-state index is 6.13. The number of ether oxygens (including phenoxy) is 1. The largest absolute Gasteiger partial charge is 0.496 e. The van der Waals surface area contributed by atoms with Crippen LogP contribution in [0.5, 0.6) is 5.75 Å². The zero-order chi connectivity index (χ0) is 15.7.